The number of hydrogen-bond acceptors (Lipinski definition) is 4. The van der Waals surface area contributed by atoms with Gasteiger partial charge in [0.15, 0.2) is 0 Å². The normalized spacial score (nSPS) is 27.3. The van der Waals surface area contributed by atoms with Gasteiger partial charge in [-0.3, -0.25) is 9.59 Å². The summed E-state index contributed by atoms with van der Waals surface area (Å²) in [6, 6.07) is 9.67. The van der Waals surface area contributed by atoms with Crippen molar-refractivity contribution in [1.82, 2.24) is 0 Å². The van der Waals surface area contributed by atoms with Crippen molar-refractivity contribution in [3.05, 3.63) is 48.0 Å². The van der Waals surface area contributed by atoms with Crippen LogP contribution in [0.1, 0.15) is 71.3 Å². The number of carbonyl (C=O) groups is 2. The number of carbonyl (C=O) groups excluding carboxylic acids is 2. The van der Waals surface area contributed by atoms with Crippen LogP contribution in [0.15, 0.2) is 42.5 Å². The fraction of sp³-hybridized carbons (Fsp3) is 0.630. The van der Waals surface area contributed by atoms with E-state index in [1.165, 1.54) is 19.3 Å². The molecule has 0 amide bonds. The summed E-state index contributed by atoms with van der Waals surface area (Å²) < 4.78 is 11.5. The molecule has 0 heterocycles. The number of allylic oxidation sites excluding steroid dienone is 2. The topological polar surface area (TPSA) is 52.6 Å². The average Bonchev–Trinajstić information content (AvgIpc) is 3.30. The minimum Gasteiger partial charge on any atom is -0.465 e. The third-order valence-electron chi connectivity index (χ3n) is 7.05. The Labute approximate surface area is 187 Å². The molecule has 2 bridgehead atoms. The number of fused-ring (bicyclic) bond motifs is 2. The lowest BCUT2D eigenvalue weighted by Crippen LogP contribution is -2.39. The molecule has 4 heteroatoms. The van der Waals surface area contributed by atoms with Crippen LogP contribution in [-0.2, 0) is 25.7 Å². The van der Waals surface area contributed by atoms with Crippen molar-refractivity contribution < 1.29 is 19.1 Å². The molecule has 0 aliphatic heterocycles. The Morgan fingerprint density at radius 1 is 1.03 bits per heavy atom. The minimum atomic E-state index is -0.469. The van der Waals surface area contributed by atoms with Crippen LogP contribution in [0, 0.1) is 29.1 Å². The van der Waals surface area contributed by atoms with Gasteiger partial charge in [0, 0.05) is 5.41 Å². The van der Waals surface area contributed by atoms with Gasteiger partial charge in [0.25, 0.3) is 0 Å². The van der Waals surface area contributed by atoms with Gasteiger partial charge in [0.05, 0.1) is 18.4 Å². The van der Waals surface area contributed by atoms with Crippen LogP contribution in [0.4, 0.5) is 0 Å². The predicted molar refractivity (Wildman–Crippen MR) is 122 cm³/mol. The van der Waals surface area contributed by atoms with E-state index in [2.05, 4.69) is 32.9 Å². The third kappa shape index (κ3) is 5.78. The summed E-state index contributed by atoms with van der Waals surface area (Å²) in [4.78, 5) is 26.2. The summed E-state index contributed by atoms with van der Waals surface area (Å²) in [6.45, 7) is 7.14. The van der Waals surface area contributed by atoms with Crippen LogP contribution in [-0.4, -0.2) is 18.5 Å². The van der Waals surface area contributed by atoms with Crippen molar-refractivity contribution in [3.63, 3.8) is 0 Å². The number of benzene rings is 1. The number of ether oxygens (including phenoxy) is 2. The van der Waals surface area contributed by atoms with Crippen LogP contribution in [0.3, 0.4) is 0 Å². The molecule has 1 aromatic carbocycles. The number of hydrogen-bond donors (Lipinski definition) is 0. The van der Waals surface area contributed by atoms with Crippen molar-refractivity contribution in [2.24, 2.45) is 29.1 Å². The van der Waals surface area contributed by atoms with Gasteiger partial charge < -0.3 is 9.47 Å². The monoisotopic (exact) mass is 426 g/mol. The van der Waals surface area contributed by atoms with Crippen LogP contribution < -0.4 is 0 Å². The van der Waals surface area contributed by atoms with Crippen LogP contribution in [0.25, 0.3) is 0 Å². The van der Waals surface area contributed by atoms with E-state index in [0.717, 1.165) is 31.2 Å². The second kappa shape index (κ2) is 11.0. The molecule has 1 saturated carbocycles. The Hall–Kier alpha value is -2.10. The standard InChI is InChI=1S/C27H38O4/c1-4-6-8-12-20(11-5-2)18-30-25(28)23-22-15-16-27(3,17-22)24(23)26(29)31-19-21-13-9-7-10-14-21/h7,9-10,13-16,20,22-24H,4-6,8,11-12,17-19H2,1-3H3. The van der Waals surface area contributed by atoms with Crippen LogP contribution in [0.5, 0.6) is 0 Å². The Kier molecular flexibility index (Phi) is 8.34. The molecule has 1 aromatic rings. The first-order valence-corrected chi connectivity index (χ1v) is 12.0. The molecule has 0 radical (unpaired) electrons. The van der Waals surface area contributed by atoms with Crippen LogP contribution in [0.2, 0.25) is 0 Å². The molecule has 1 fully saturated rings. The summed E-state index contributed by atoms with van der Waals surface area (Å²) in [6.07, 6.45) is 11.9. The van der Waals surface area contributed by atoms with E-state index >= 15 is 0 Å². The highest BCUT2D eigenvalue weighted by molar-refractivity contribution is 5.85. The highest BCUT2D eigenvalue weighted by Crippen LogP contribution is 2.57. The molecule has 0 spiro atoms. The highest BCUT2D eigenvalue weighted by atomic mass is 16.5. The SMILES string of the molecule is CCCCCC(CCC)COC(=O)C1C2C=CC(C)(C2)C1C(=O)OCc1ccccc1. The molecular formula is C27H38O4. The Bertz CT molecular complexity index is 756. The second-order valence-electron chi connectivity index (χ2n) is 9.61. The molecule has 31 heavy (non-hydrogen) atoms. The lowest BCUT2D eigenvalue weighted by Gasteiger charge is -2.31. The van der Waals surface area contributed by atoms with E-state index in [0.29, 0.717) is 12.5 Å². The molecule has 3 rings (SSSR count). The number of esters is 2. The summed E-state index contributed by atoms with van der Waals surface area (Å²) in [5.74, 6) is -0.936. The zero-order valence-corrected chi connectivity index (χ0v) is 19.3. The molecule has 170 valence electrons. The zero-order chi connectivity index (χ0) is 22.3. The molecule has 0 N–H and O–H groups in total. The third-order valence-corrected chi connectivity index (χ3v) is 7.05. The maximum Gasteiger partial charge on any atom is 0.311 e. The van der Waals surface area contributed by atoms with E-state index in [1.807, 2.05) is 30.3 Å². The van der Waals surface area contributed by atoms with Crippen LogP contribution >= 0.6 is 0 Å². The Morgan fingerprint density at radius 2 is 1.81 bits per heavy atom. The smallest absolute Gasteiger partial charge is 0.311 e. The molecule has 2 aliphatic rings. The summed E-state index contributed by atoms with van der Waals surface area (Å²) in [5, 5.41) is 0. The largest absolute Gasteiger partial charge is 0.465 e. The maximum absolute atomic E-state index is 13.1. The fourth-order valence-corrected chi connectivity index (χ4v) is 5.37. The minimum absolute atomic E-state index is 0.0662. The quantitative estimate of drug-likeness (QED) is 0.230. The lowest BCUT2D eigenvalue weighted by molar-refractivity contribution is -0.164. The van der Waals surface area contributed by atoms with E-state index < -0.39 is 11.8 Å². The second-order valence-corrected chi connectivity index (χ2v) is 9.61. The average molecular weight is 427 g/mol. The highest BCUT2D eigenvalue weighted by Gasteiger charge is 2.59. The van der Waals surface area contributed by atoms with E-state index in [-0.39, 0.29) is 29.9 Å². The van der Waals surface area contributed by atoms with E-state index in [1.54, 1.807) is 0 Å². The molecule has 4 nitrogen and oxygen atoms in total. The molecule has 5 atom stereocenters. The van der Waals surface area contributed by atoms with Gasteiger partial charge in [-0.05, 0) is 36.7 Å². The van der Waals surface area contributed by atoms with E-state index in [9.17, 15) is 9.59 Å². The van der Waals surface area contributed by atoms with Gasteiger partial charge in [0.2, 0.25) is 0 Å². The Morgan fingerprint density at radius 3 is 2.52 bits per heavy atom. The fourth-order valence-electron chi connectivity index (χ4n) is 5.37. The molecule has 0 saturated heterocycles. The summed E-state index contributed by atoms with van der Waals surface area (Å²) in [5.41, 5.74) is 0.625. The number of unbranched alkanes of at least 4 members (excludes halogenated alkanes) is 2. The van der Waals surface area contributed by atoms with Crippen molar-refractivity contribution in [2.45, 2.75) is 72.3 Å². The zero-order valence-electron chi connectivity index (χ0n) is 19.3. The van der Waals surface area contributed by atoms with Crippen molar-refractivity contribution in [3.8, 4) is 0 Å². The first kappa shape index (κ1) is 23.6. The first-order chi connectivity index (χ1) is 15.0. The van der Waals surface area contributed by atoms with Gasteiger partial charge in [-0.15, -0.1) is 0 Å². The maximum atomic E-state index is 13.1. The summed E-state index contributed by atoms with van der Waals surface area (Å²) >= 11 is 0. The lowest BCUT2D eigenvalue weighted by atomic mass is 9.75. The Balaban J connectivity index is 1.61. The first-order valence-electron chi connectivity index (χ1n) is 12.0. The predicted octanol–water partition coefficient (Wildman–Crippen LogP) is 6.10. The van der Waals surface area contributed by atoms with Gasteiger partial charge in [-0.1, -0.05) is 88.9 Å². The van der Waals surface area contributed by atoms with Crippen molar-refractivity contribution in [1.29, 1.82) is 0 Å². The molecule has 2 aliphatic carbocycles. The van der Waals surface area contributed by atoms with E-state index in [4.69, 9.17) is 9.47 Å². The van der Waals surface area contributed by atoms with Gasteiger partial charge in [0.1, 0.15) is 6.61 Å². The van der Waals surface area contributed by atoms with Crippen molar-refractivity contribution in [2.75, 3.05) is 6.61 Å². The van der Waals surface area contributed by atoms with Gasteiger partial charge in [-0.2, -0.15) is 0 Å². The number of rotatable bonds is 12. The van der Waals surface area contributed by atoms with Crippen molar-refractivity contribution >= 4 is 11.9 Å². The van der Waals surface area contributed by atoms with Gasteiger partial charge >= 0.3 is 11.9 Å². The molecule has 5 unspecified atom stereocenters. The molecule has 0 aromatic heterocycles. The molecular weight excluding hydrogens is 388 g/mol. The van der Waals surface area contributed by atoms with Gasteiger partial charge in [-0.25, -0.2) is 0 Å². The summed E-state index contributed by atoms with van der Waals surface area (Å²) in [7, 11) is 0.